The molecule has 1 aliphatic heterocycles. The first kappa shape index (κ1) is 21.2. The lowest BCUT2D eigenvalue weighted by molar-refractivity contribution is -0.146. The topological polar surface area (TPSA) is 119 Å². The lowest BCUT2D eigenvalue weighted by Gasteiger charge is -2.11. The van der Waals surface area contributed by atoms with Crippen LogP contribution in [-0.4, -0.2) is 61.9 Å². The summed E-state index contributed by atoms with van der Waals surface area (Å²) in [4.78, 5) is 35.1. The molecule has 8 nitrogen and oxygen atoms in total. The standard InChI is InChI=1S/C17H22N2O6S2/c1-12-2-4-13(5-3-12)18-16(21)9-26-10-17(22)25-8-15(20)19-14-6-7-27(23,24)11-14/h2-5,14H,6-11H2,1H3,(H,18,21)(H,19,20)/t14-/m0/s1. The second-order valence-electron chi connectivity index (χ2n) is 6.24. The minimum Gasteiger partial charge on any atom is -0.455 e. The van der Waals surface area contributed by atoms with E-state index in [4.69, 9.17) is 4.74 Å². The molecule has 1 saturated heterocycles. The van der Waals surface area contributed by atoms with Crippen molar-refractivity contribution in [2.45, 2.75) is 19.4 Å². The Morgan fingerprint density at radius 3 is 2.48 bits per heavy atom. The van der Waals surface area contributed by atoms with Crippen LogP contribution in [0.2, 0.25) is 0 Å². The normalized spacial score (nSPS) is 17.9. The van der Waals surface area contributed by atoms with Crippen molar-refractivity contribution in [2.24, 2.45) is 0 Å². The molecule has 0 radical (unpaired) electrons. The highest BCUT2D eigenvalue weighted by Crippen LogP contribution is 2.11. The first-order valence-electron chi connectivity index (χ1n) is 8.33. The Kier molecular flexibility index (Phi) is 7.66. The van der Waals surface area contributed by atoms with Crippen molar-refractivity contribution in [3.63, 3.8) is 0 Å². The first-order chi connectivity index (χ1) is 12.7. The zero-order valence-corrected chi connectivity index (χ0v) is 16.5. The zero-order chi connectivity index (χ0) is 19.9. The second-order valence-corrected chi connectivity index (χ2v) is 9.45. The summed E-state index contributed by atoms with van der Waals surface area (Å²) in [6.45, 7) is 1.48. The number of rotatable bonds is 8. The number of aryl methyl sites for hydroxylation is 1. The Hall–Kier alpha value is -2.07. The van der Waals surface area contributed by atoms with Crippen LogP contribution in [0.1, 0.15) is 12.0 Å². The number of hydrogen-bond donors (Lipinski definition) is 2. The maximum Gasteiger partial charge on any atom is 0.316 e. The lowest BCUT2D eigenvalue weighted by Crippen LogP contribution is -2.38. The van der Waals surface area contributed by atoms with Gasteiger partial charge in [-0.3, -0.25) is 14.4 Å². The molecule has 1 aromatic rings. The monoisotopic (exact) mass is 414 g/mol. The van der Waals surface area contributed by atoms with Crippen molar-refractivity contribution in [1.82, 2.24) is 5.32 Å². The van der Waals surface area contributed by atoms with Crippen molar-refractivity contribution < 1.29 is 27.5 Å². The van der Waals surface area contributed by atoms with Gasteiger partial charge in [0.15, 0.2) is 16.4 Å². The molecular formula is C17H22N2O6S2. The van der Waals surface area contributed by atoms with Gasteiger partial charge in [-0.25, -0.2) is 8.42 Å². The average Bonchev–Trinajstić information content (AvgIpc) is 2.93. The third kappa shape index (κ3) is 8.00. The molecule has 0 aromatic heterocycles. The van der Waals surface area contributed by atoms with Crippen LogP contribution in [0.5, 0.6) is 0 Å². The molecular weight excluding hydrogens is 392 g/mol. The van der Waals surface area contributed by atoms with Crippen LogP contribution in [-0.2, 0) is 29.0 Å². The molecule has 10 heteroatoms. The number of carbonyl (C=O) groups excluding carboxylic acids is 3. The van der Waals surface area contributed by atoms with E-state index < -0.39 is 34.4 Å². The second kappa shape index (κ2) is 9.75. The summed E-state index contributed by atoms with van der Waals surface area (Å²) in [5.41, 5.74) is 1.77. The Balaban J connectivity index is 1.58. The van der Waals surface area contributed by atoms with Gasteiger partial charge in [0.25, 0.3) is 5.91 Å². The number of carbonyl (C=O) groups is 3. The summed E-state index contributed by atoms with van der Waals surface area (Å²) in [5, 5.41) is 5.24. The van der Waals surface area contributed by atoms with E-state index in [9.17, 15) is 22.8 Å². The molecule has 0 bridgehead atoms. The van der Waals surface area contributed by atoms with Crippen molar-refractivity contribution >= 4 is 45.1 Å². The number of benzene rings is 1. The van der Waals surface area contributed by atoms with Gasteiger partial charge >= 0.3 is 5.97 Å². The van der Waals surface area contributed by atoms with Crippen LogP contribution in [0.4, 0.5) is 5.69 Å². The quantitative estimate of drug-likeness (QED) is 0.595. The van der Waals surface area contributed by atoms with E-state index in [0.717, 1.165) is 17.3 Å². The summed E-state index contributed by atoms with van der Waals surface area (Å²) in [6.07, 6.45) is 0.369. The smallest absolute Gasteiger partial charge is 0.316 e. The van der Waals surface area contributed by atoms with Gasteiger partial charge in [0.2, 0.25) is 5.91 Å². The third-order valence-corrected chi connectivity index (χ3v) is 6.42. The molecule has 1 atom stereocenters. The molecule has 148 valence electrons. The van der Waals surface area contributed by atoms with E-state index in [1.54, 1.807) is 12.1 Å². The molecule has 0 spiro atoms. The van der Waals surface area contributed by atoms with E-state index >= 15 is 0 Å². The molecule has 0 aliphatic carbocycles. The Morgan fingerprint density at radius 2 is 1.85 bits per heavy atom. The predicted molar refractivity (Wildman–Crippen MR) is 103 cm³/mol. The molecule has 1 aromatic carbocycles. The Labute approximate surface area is 162 Å². The number of thioether (sulfide) groups is 1. The van der Waals surface area contributed by atoms with Crippen LogP contribution in [0.25, 0.3) is 0 Å². The summed E-state index contributed by atoms with van der Waals surface area (Å²) >= 11 is 1.08. The van der Waals surface area contributed by atoms with Crippen LogP contribution in [0, 0.1) is 6.92 Å². The van der Waals surface area contributed by atoms with Gasteiger partial charge < -0.3 is 15.4 Å². The fourth-order valence-electron chi connectivity index (χ4n) is 2.43. The highest BCUT2D eigenvalue weighted by atomic mass is 32.2. The van der Waals surface area contributed by atoms with Gasteiger partial charge in [-0.1, -0.05) is 17.7 Å². The first-order valence-corrected chi connectivity index (χ1v) is 11.3. The molecule has 1 heterocycles. The number of hydrogen-bond acceptors (Lipinski definition) is 7. The molecule has 2 N–H and O–H groups in total. The van der Waals surface area contributed by atoms with E-state index in [1.165, 1.54) is 0 Å². The average molecular weight is 415 g/mol. The number of amides is 2. The maximum atomic E-state index is 11.8. The van der Waals surface area contributed by atoms with Gasteiger partial charge in [-0.2, -0.15) is 0 Å². The minimum absolute atomic E-state index is 0.0546. The summed E-state index contributed by atoms with van der Waals surface area (Å²) < 4.78 is 27.5. The van der Waals surface area contributed by atoms with Crippen LogP contribution >= 0.6 is 11.8 Å². The summed E-state index contributed by atoms with van der Waals surface area (Å²) in [7, 11) is -3.08. The van der Waals surface area contributed by atoms with Gasteiger partial charge in [0.05, 0.1) is 23.0 Å². The molecule has 2 rings (SSSR count). The third-order valence-electron chi connectivity index (χ3n) is 3.75. The molecule has 1 aliphatic rings. The Morgan fingerprint density at radius 1 is 1.15 bits per heavy atom. The highest BCUT2D eigenvalue weighted by Gasteiger charge is 2.29. The molecule has 0 saturated carbocycles. The van der Waals surface area contributed by atoms with Gasteiger partial charge in [0, 0.05) is 11.7 Å². The fraction of sp³-hybridized carbons (Fsp3) is 0.471. The SMILES string of the molecule is Cc1ccc(NC(=O)CSCC(=O)OCC(=O)N[C@H]2CCS(=O)(=O)C2)cc1. The van der Waals surface area contributed by atoms with E-state index in [-0.39, 0.29) is 28.9 Å². The van der Waals surface area contributed by atoms with Gasteiger partial charge in [0.1, 0.15) is 0 Å². The molecule has 0 unspecified atom stereocenters. The highest BCUT2D eigenvalue weighted by molar-refractivity contribution is 8.00. The maximum absolute atomic E-state index is 11.8. The number of esters is 1. The number of ether oxygens (including phenoxy) is 1. The summed E-state index contributed by atoms with van der Waals surface area (Å²) in [5.74, 6) is -1.40. The fourth-order valence-corrected chi connectivity index (χ4v) is 4.71. The largest absolute Gasteiger partial charge is 0.455 e. The number of nitrogens with one attached hydrogen (secondary N) is 2. The molecule has 2 amide bonds. The lowest BCUT2D eigenvalue weighted by atomic mass is 10.2. The van der Waals surface area contributed by atoms with Crippen molar-refractivity contribution in [3.05, 3.63) is 29.8 Å². The van der Waals surface area contributed by atoms with Crippen molar-refractivity contribution in [3.8, 4) is 0 Å². The van der Waals surface area contributed by atoms with Crippen LogP contribution in [0.3, 0.4) is 0 Å². The van der Waals surface area contributed by atoms with Gasteiger partial charge in [-0.15, -0.1) is 11.8 Å². The predicted octanol–water partition coefficient (Wildman–Crippen LogP) is 0.513. The Bertz CT molecular complexity index is 792. The van der Waals surface area contributed by atoms with Crippen LogP contribution in [0.15, 0.2) is 24.3 Å². The molecule has 1 fully saturated rings. The van der Waals surface area contributed by atoms with E-state index in [1.807, 2.05) is 19.1 Å². The zero-order valence-electron chi connectivity index (χ0n) is 14.9. The van der Waals surface area contributed by atoms with Crippen LogP contribution < -0.4 is 10.6 Å². The van der Waals surface area contributed by atoms with Crippen molar-refractivity contribution in [2.75, 3.05) is 34.9 Å². The number of anilines is 1. The van der Waals surface area contributed by atoms with E-state index in [2.05, 4.69) is 10.6 Å². The minimum atomic E-state index is -3.08. The summed E-state index contributed by atoms with van der Waals surface area (Å²) in [6, 6.07) is 6.92. The van der Waals surface area contributed by atoms with Crippen molar-refractivity contribution in [1.29, 1.82) is 0 Å². The van der Waals surface area contributed by atoms with E-state index in [0.29, 0.717) is 12.1 Å². The number of sulfone groups is 1. The van der Waals surface area contributed by atoms with Gasteiger partial charge in [-0.05, 0) is 25.5 Å². The molecule has 27 heavy (non-hydrogen) atoms.